The second-order valence-corrected chi connectivity index (χ2v) is 28.6. The maximum atomic E-state index is 13.1. The van der Waals surface area contributed by atoms with Crippen molar-refractivity contribution in [2.45, 2.75) is 287 Å². The van der Waals surface area contributed by atoms with E-state index in [1.54, 1.807) is 6.92 Å². The van der Waals surface area contributed by atoms with E-state index in [2.05, 4.69) is 152 Å². The van der Waals surface area contributed by atoms with Crippen molar-refractivity contribution in [3.63, 3.8) is 0 Å². The van der Waals surface area contributed by atoms with E-state index in [0.717, 1.165) is 135 Å². The first kappa shape index (κ1) is 84.6. The lowest BCUT2D eigenvalue weighted by Crippen LogP contribution is -2.69. The maximum absolute atomic E-state index is 13.1. The van der Waals surface area contributed by atoms with Crippen LogP contribution >= 0.6 is 15.6 Å². The van der Waals surface area contributed by atoms with Crippen molar-refractivity contribution in [2.24, 2.45) is 0 Å². The normalized spacial score (nSPS) is 24.9. The quantitative estimate of drug-likeness (QED) is 0.0202. The number of rotatable bonds is 43. The molecule has 20 nitrogen and oxygen atoms in total. The number of hydrogen-bond acceptors (Lipinski definition) is 15. The molecule has 0 saturated carbocycles. The summed E-state index contributed by atoms with van der Waals surface area (Å²) >= 11 is 0. The fraction of sp³-hybridized carbons (Fsp3) is 0.648. The Labute approximate surface area is 556 Å². The fourth-order valence-electron chi connectivity index (χ4n) is 10.5. The van der Waals surface area contributed by atoms with Crippen molar-refractivity contribution in [3.8, 4) is 0 Å². The highest BCUT2D eigenvalue weighted by Crippen LogP contribution is 2.61. The number of phosphoric ester groups is 2. The van der Waals surface area contributed by atoms with Crippen LogP contribution in [-0.4, -0.2) is 128 Å². The Kier molecular flexibility index (Phi) is 41.0. The Bertz CT molecular complexity index is 2800. The summed E-state index contributed by atoms with van der Waals surface area (Å²) in [6.07, 6.45) is 29.9. The third-order valence-electron chi connectivity index (χ3n) is 16.2. The number of carboxylic acids is 1. The molecule has 12 unspecified atom stereocenters. The van der Waals surface area contributed by atoms with Crippen molar-refractivity contribution in [3.05, 3.63) is 128 Å². The molecule has 2 amide bonds. The molecule has 22 heteroatoms. The van der Waals surface area contributed by atoms with Crippen LogP contribution in [-0.2, 0) is 51.1 Å². The van der Waals surface area contributed by atoms with E-state index in [9.17, 15) is 58.8 Å². The van der Waals surface area contributed by atoms with E-state index >= 15 is 0 Å². The van der Waals surface area contributed by atoms with Gasteiger partial charge < -0.3 is 60.2 Å². The topological polar surface area (TPSA) is 306 Å². The van der Waals surface area contributed by atoms with Crippen LogP contribution in [0.25, 0.3) is 0 Å². The molecule has 0 radical (unpaired) electrons. The number of nitrogens with one attached hydrogen (secondary N) is 2. The Morgan fingerprint density at radius 3 is 1.04 bits per heavy atom. The van der Waals surface area contributed by atoms with Crippen LogP contribution in [0.4, 0.5) is 0 Å². The maximum Gasteiger partial charge on any atom is 0.483 e. The Morgan fingerprint density at radius 1 is 0.430 bits per heavy atom. The first-order valence-corrected chi connectivity index (χ1v) is 36.0. The molecule has 0 aromatic carbocycles. The minimum Gasteiger partial charge on any atom is -0.479 e. The van der Waals surface area contributed by atoms with Gasteiger partial charge in [-0.2, -0.15) is 4.31 Å². The van der Waals surface area contributed by atoms with Crippen LogP contribution in [0.15, 0.2) is 128 Å². The predicted molar refractivity (Wildman–Crippen MR) is 367 cm³/mol. The molecule has 0 aromatic heterocycles. The molecule has 2 aliphatic heterocycles. The zero-order valence-corrected chi connectivity index (χ0v) is 60.0. The number of amides is 2. The molecular weight excluding hydrogens is 1230 g/mol. The SMILES string of the molecule is CC(=O)NC1C(OC2C(CO)OC(OP(=O)(O)OP(=O)(O)OC/C=C(/C)CC/C=C(/C)CC/C=C(/C)CC/C=C(/C)CC/C=C(/C)CC/C=C(/C)CC/C=C(/C)CC/C=C(/C)CC/C=C(\C)CC/C=C(\C)CCC=C(C)C)C(NC(C)=O)C2O)OC(C(=O)O)C(O)C1O. The molecule has 2 saturated heterocycles. The standard InChI is InChI=1S/C71H116N2O18P2/c1-48(2)25-15-26-49(3)27-16-28-50(4)29-17-30-51(5)31-18-32-52(6)33-19-34-53(7)35-20-36-54(8)37-21-38-55(9)39-22-40-56(10)41-23-42-57(11)43-24-44-58(12)45-46-86-92(82,83)91-93(84,85)90-71-63(73-60(14)76)65(78)67(61(47-74)87-71)88-70-62(72-59(13)75)64(77)66(79)68(89-70)69(80)81/h25,27,29,31,33,35,37,39,41,43,45,61-68,70-71,74,77-79H,15-24,26,28,30,32,34,36,38,40,42,44,46-47H2,1-14H3,(H,72,75)(H,73,76)(H,80,81)(H,82,83)(H,84,85)/b49-27+,50-29+,51-31-,52-33-,53-35-,54-37-,55-39-,56-41-,57-43-,58-45-. The number of carbonyl (C=O) groups excluding carboxylic acids is 2. The van der Waals surface area contributed by atoms with Gasteiger partial charge in [-0.3, -0.25) is 18.6 Å². The summed E-state index contributed by atoms with van der Waals surface area (Å²) in [7, 11) is -11.0. The van der Waals surface area contributed by atoms with Gasteiger partial charge in [0.15, 0.2) is 18.7 Å². The molecule has 2 heterocycles. The van der Waals surface area contributed by atoms with E-state index < -0.39 is 108 Å². The van der Waals surface area contributed by atoms with Gasteiger partial charge in [-0.1, -0.05) is 128 Å². The van der Waals surface area contributed by atoms with Crippen molar-refractivity contribution in [1.29, 1.82) is 0 Å². The summed E-state index contributed by atoms with van der Waals surface area (Å²) < 4.78 is 57.0. The largest absolute Gasteiger partial charge is 0.483 e. The van der Waals surface area contributed by atoms with Gasteiger partial charge in [0.1, 0.15) is 42.6 Å². The van der Waals surface area contributed by atoms with E-state index in [4.69, 9.17) is 23.3 Å². The number of hydrogen-bond donors (Lipinski definition) is 9. The molecule has 2 fully saturated rings. The van der Waals surface area contributed by atoms with Gasteiger partial charge in [-0.15, -0.1) is 0 Å². The zero-order chi connectivity index (χ0) is 69.8. The summed E-state index contributed by atoms with van der Waals surface area (Å²) in [4.78, 5) is 56.9. The molecule has 0 bridgehead atoms. The van der Waals surface area contributed by atoms with Crippen LogP contribution in [0.2, 0.25) is 0 Å². The third-order valence-corrected chi connectivity index (χ3v) is 18.8. The van der Waals surface area contributed by atoms with E-state index in [-0.39, 0.29) is 0 Å². The third kappa shape index (κ3) is 37.0. The lowest BCUT2D eigenvalue weighted by atomic mass is 9.94. The van der Waals surface area contributed by atoms with Gasteiger partial charge in [-0.05, 0) is 212 Å². The molecule has 0 aliphatic carbocycles. The Balaban J connectivity index is 1.72. The minimum atomic E-state index is -5.67. The first-order valence-electron chi connectivity index (χ1n) is 33.0. The van der Waals surface area contributed by atoms with Crippen LogP contribution in [0.5, 0.6) is 0 Å². The lowest BCUT2D eigenvalue weighted by Gasteiger charge is -2.47. The summed E-state index contributed by atoms with van der Waals surface area (Å²) in [5.74, 6) is -3.36. The van der Waals surface area contributed by atoms with Crippen molar-refractivity contribution in [2.75, 3.05) is 13.2 Å². The number of carboxylic acid groups (broad SMARTS) is 1. The molecule has 2 rings (SSSR count). The number of aliphatic carboxylic acids is 1. The van der Waals surface area contributed by atoms with Crippen LogP contribution in [0.1, 0.15) is 225 Å². The van der Waals surface area contributed by atoms with Gasteiger partial charge in [0.25, 0.3) is 0 Å². The van der Waals surface area contributed by atoms with Crippen LogP contribution in [0.3, 0.4) is 0 Å². The summed E-state index contributed by atoms with van der Waals surface area (Å²) in [5, 5.41) is 56.6. The average molecular weight is 1350 g/mol. The second kappa shape index (κ2) is 45.1. The van der Waals surface area contributed by atoms with Gasteiger partial charge in [0.2, 0.25) is 11.8 Å². The highest BCUT2D eigenvalue weighted by atomic mass is 31.3. The second-order valence-electron chi connectivity index (χ2n) is 25.6. The van der Waals surface area contributed by atoms with Gasteiger partial charge >= 0.3 is 21.6 Å². The molecule has 2 aliphatic rings. The molecule has 93 heavy (non-hydrogen) atoms. The van der Waals surface area contributed by atoms with Crippen LogP contribution < -0.4 is 10.6 Å². The van der Waals surface area contributed by atoms with Gasteiger partial charge in [0, 0.05) is 13.8 Å². The number of allylic oxidation sites excluding steroid dienone is 21. The summed E-state index contributed by atoms with van der Waals surface area (Å²) in [5.41, 5.74) is 15.1. The van der Waals surface area contributed by atoms with Gasteiger partial charge in [0.05, 0.1) is 13.2 Å². The van der Waals surface area contributed by atoms with E-state index in [1.165, 1.54) is 61.8 Å². The first-order chi connectivity index (χ1) is 43.7. The van der Waals surface area contributed by atoms with Gasteiger partial charge in [-0.25, -0.2) is 13.9 Å². The average Bonchev–Trinajstić information content (AvgIpc) is 0.780. The number of aliphatic hydroxyl groups is 4. The molecule has 528 valence electrons. The summed E-state index contributed by atoms with van der Waals surface area (Å²) in [6, 6.07) is -3.50. The minimum absolute atomic E-state index is 0.500. The predicted octanol–water partition coefficient (Wildman–Crippen LogP) is 14.5. The highest BCUT2D eigenvalue weighted by molar-refractivity contribution is 7.61. The number of aliphatic hydroxyl groups excluding tert-OH is 4. The van der Waals surface area contributed by atoms with E-state index in [0.29, 0.717) is 12.8 Å². The Hall–Kier alpha value is -4.47. The molecule has 0 aromatic rings. The van der Waals surface area contributed by atoms with Crippen molar-refractivity contribution < 1.29 is 86.4 Å². The van der Waals surface area contributed by atoms with Crippen molar-refractivity contribution >= 4 is 33.4 Å². The molecule has 0 spiro atoms. The van der Waals surface area contributed by atoms with E-state index in [1.807, 2.05) is 0 Å². The fourth-order valence-corrected chi connectivity index (χ4v) is 12.6. The zero-order valence-electron chi connectivity index (χ0n) is 58.2. The highest BCUT2D eigenvalue weighted by Gasteiger charge is 2.54. The van der Waals surface area contributed by atoms with Crippen LogP contribution in [0, 0.1) is 0 Å². The smallest absolute Gasteiger partial charge is 0.479 e. The molecule has 9 N–H and O–H groups in total. The number of carbonyl (C=O) groups is 3. The molecule has 12 atom stereocenters. The number of phosphoric acid groups is 2. The lowest BCUT2D eigenvalue weighted by molar-refractivity contribution is -0.321. The monoisotopic (exact) mass is 1350 g/mol. The summed E-state index contributed by atoms with van der Waals surface area (Å²) in [6.45, 7) is 26.7. The molecular formula is C71H116N2O18P2. The van der Waals surface area contributed by atoms with Crippen molar-refractivity contribution in [1.82, 2.24) is 10.6 Å². The Morgan fingerprint density at radius 2 is 0.742 bits per heavy atom. The number of ether oxygens (including phenoxy) is 3.